The lowest BCUT2D eigenvalue weighted by Crippen LogP contribution is -2.41. The van der Waals surface area contributed by atoms with Gasteiger partial charge >= 0.3 is 6.09 Å². The second kappa shape index (κ2) is 7.31. The van der Waals surface area contributed by atoms with Crippen molar-refractivity contribution >= 4 is 12.0 Å². The highest BCUT2D eigenvalue weighted by atomic mass is 16.6. The summed E-state index contributed by atoms with van der Waals surface area (Å²) >= 11 is 0. The molecule has 6 heteroatoms. The van der Waals surface area contributed by atoms with Crippen LogP contribution in [0.2, 0.25) is 0 Å². The van der Waals surface area contributed by atoms with Crippen molar-refractivity contribution in [1.29, 1.82) is 0 Å². The smallest absolute Gasteiger partial charge is 0.410 e. The normalized spacial score (nSPS) is 21.1. The maximum absolute atomic E-state index is 12.2. The summed E-state index contributed by atoms with van der Waals surface area (Å²) < 4.78 is 5.39. The molecule has 2 amide bonds. The van der Waals surface area contributed by atoms with Crippen LogP contribution in [-0.2, 0) is 9.53 Å². The van der Waals surface area contributed by atoms with E-state index in [0.717, 1.165) is 26.2 Å². The van der Waals surface area contributed by atoms with Crippen molar-refractivity contribution in [3.8, 4) is 0 Å². The highest BCUT2D eigenvalue weighted by Crippen LogP contribution is 2.13. The lowest BCUT2D eigenvalue weighted by molar-refractivity contribution is -0.130. The quantitative estimate of drug-likeness (QED) is 0.793. The van der Waals surface area contributed by atoms with Gasteiger partial charge in [0.1, 0.15) is 5.60 Å². The molecule has 2 aliphatic rings. The van der Waals surface area contributed by atoms with E-state index in [4.69, 9.17) is 4.74 Å². The van der Waals surface area contributed by atoms with Crippen molar-refractivity contribution in [2.45, 2.75) is 45.6 Å². The summed E-state index contributed by atoms with van der Waals surface area (Å²) in [5.74, 6) is 0.144. The minimum atomic E-state index is -0.497. The fourth-order valence-corrected chi connectivity index (χ4v) is 2.88. The van der Waals surface area contributed by atoms with E-state index in [9.17, 15) is 9.59 Å². The van der Waals surface area contributed by atoms with E-state index in [-0.39, 0.29) is 12.0 Å². The molecule has 22 heavy (non-hydrogen) atoms. The van der Waals surface area contributed by atoms with E-state index in [1.165, 1.54) is 12.8 Å². The Morgan fingerprint density at radius 3 is 2.36 bits per heavy atom. The monoisotopic (exact) mass is 311 g/mol. The Morgan fingerprint density at radius 2 is 1.73 bits per heavy atom. The number of carbonyl (C=O) groups excluding carboxylic acids is 2. The van der Waals surface area contributed by atoms with E-state index in [0.29, 0.717) is 26.1 Å². The van der Waals surface area contributed by atoms with Gasteiger partial charge in [0, 0.05) is 39.1 Å². The Labute approximate surface area is 133 Å². The van der Waals surface area contributed by atoms with E-state index in [1.807, 2.05) is 25.7 Å². The molecule has 6 nitrogen and oxygen atoms in total. The van der Waals surface area contributed by atoms with Gasteiger partial charge in [0.15, 0.2) is 0 Å². The molecule has 0 aliphatic carbocycles. The number of carbonyl (C=O) groups is 2. The van der Waals surface area contributed by atoms with E-state index in [1.54, 1.807) is 4.90 Å². The Balaban J connectivity index is 1.81. The molecule has 0 N–H and O–H groups in total. The highest BCUT2D eigenvalue weighted by Gasteiger charge is 2.27. The van der Waals surface area contributed by atoms with Crippen molar-refractivity contribution in [2.75, 3.05) is 45.8 Å². The fourth-order valence-electron chi connectivity index (χ4n) is 2.88. The summed E-state index contributed by atoms with van der Waals surface area (Å²) in [4.78, 5) is 30.3. The van der Waals surface area contributed by atoms with Crippen LogP contribution in [0.15, 0.2) is 0 Å². The van der Waals surface area contributed by atoms with Crippen LogP contribution in [0, 0.1) is 0 Å². The third-order valence-electron chi connectivity index (χ3n) is 4.12. The zero-order valence-electron chi connectivity index (χ0n) is 14.1. The van der Waals surface area contributed by atoms with Gasteiger partial charge in [-0.3, -0.25) is 4.79 Å². The fraction of sp³-hybridized carbons (Fsp3) is 0.875. The number of hydrogen-bond donors (Lipinski definition) is 0. The molecular weight excluding hydrogens is 282 g/mol. The first-order valence-corrected chi connectivity index (χ1v) is 8.33. The predicted octanol–water partition coefficient (Wildman–Crippen LogP) is 1.55. The molecular formula is C16H29N3O3. The van der Waals surface area contributed by atoms with Crippen LogP contribution in [0.1, 0.15) is 40.0 Å². The van der Waals surface area contributed by atoms with Gasteiger partial charge in [0.05, 0.1) is 0 Å². The number of likely N-dealkylation sites (tertiary alicyclic amines) is 1. The van der Waals surface area contributed by atoms with Gasteiger partial charge in [-0.1, -0.05) is 0 Å². The number of amides is 2. The van der Waals surface area contributed by atoms with E-state index >= 15 is 0 Å². The molecule has 126 valence electrons. The highest BCUT2D eigenvalue weighted by molar-refractivity contribution is 5.78. The van der Waals surface area contributed by atoms with Crippen molar-refractivity contribution in [3.05, 3.63) is 0 Å². The number of hydrogen-bond acceptors (Lipinski definition) is 4. The largest absolute Gasteiger partial charge is 0.444 e. The van der Waals surface area contributed by atoms with Gasteiger partial charge in [0.2, 0.25) is 5.91 Å². The lowest BCUT2D eigenvalue weighted by atomic mass is 10.2. The minimum absolute atomic E-state index is 0.144. The maximum Gasteiger partial charge on any atom is 0.410 e. The molecule has 2 fully saturated rings. The molecule has 2 heterocycles. The second-order valence-electron chi connectivity index (χ2n) is 7.15. The molecule has 0 aromatic heterocycles. The second-order valence-corrected chi connectivity index (χ2v) is 7.15. The van der Waals surface area contributed by atoms with Crippen LogP contribution in [0.3, 0.4) is 0 Å². The average molecular weight is 311 g/mol. The van der Waals surface area contributed by atoms with Crippen LogP contribution in [0.4, 0.5) is 4.79 Å². The SMILES string of the molecule is CC(C)(C)OC(=O)N1CCC(=O)N(CCN2CCCC2)CC1. The maximum atomic E-state index is 12.2. The number of ether oxygens (including phenoxy) is 1. The van der Waals surface area contributed by atoms with E-state index in [2.05, 4.69) is 4.90 Å². The van der Waals surface area contributed by atoms with Crippen molar-refractivity contribution in [1.82, 2.24) is 14.7 Å². The van der Waals surface area contributed by atoms with Crippen molar-refractivity contribution < 1.29 is 14.3 Å². The molecule has 0 radical (unpaired) electrons. The first kappa shape index (κ1) is 17.1. The molecule has 2 rings (SSSR count). The third-order valence-corrected chi connectivity index (χ3v) is 4.12. The molecule has 2 aliphatic heterocycles. The summed E-state index contributed by atoms with van der Waals surface area (Å²) in [5, 5.41) is 0. The molecule has 2 saturated heterocycles. The zero-order chi connectivity index (χ0) is 16.2. The minimum Gasteiger partial charge on any atom is -0.444 e. The topological polar surface area (TPSA) is 53.1 Å². The summed E-state index contributed by atoms with van der Waals surface area (Å²) in [6.45, 7) is 11.2. The first-order valence-electron chi connectivity index (χ1n) is 8.33. The van der Waals surface area contributed by atoms with Gasteiger partial charge in [0.25, 0.3) is 0 Å². The molecule has 0 aromatic rings. The van der Waals surface area contributed by atoms with Crippen LogP contribution in [-0.4, -0.2) is 78.1 Å². The molecule has 0 atom stereocenters. The van der Waals surface area contributed by atoms with Crippen molar-refractivity contribution in [2.24, 2.45) is 0 Å². The summed E-state index contributed by atoms with van der Waals surface area (Å²) in [7, 11) is 0. The third kappa shape index (κ3) is 5.16. The summed E-state index contributed by atoms with van der Waals surface area (Å²) in [6.07, 6.45) is 2.60. The summed E-state index contributed by atoms with van der Waals surface area (Å²) in [5.41, 5.74) is -0.497. The van der Waals surface area contributed by atoms with Crippen LogP contribution in [0.5, 0.6) is 0 Å². The van der Waals surface area contributed by atoms with Crippen molar-refractivity contribution in [3.63, 3.8) is 0 Å². The van der Waals surface area contributed by atoms with Gasteiger partial charge in [-0.2, -0.15) is 0 Å². The van der Waals surface area contributed by atoms with Gasteiger partial charge in [-0.25, -0.2) is 4.79 Å². The standard InChI is InChI=1S/C16H29N3O3/c1-16(2,3)22-15(21)19-9-6-14(20)18(12-13-19)11-10-17-7-4-5-8-17/h4-13H2,1-3H3. The first-order chi connectivity index (χ1) is 10.3. The van der Waals surface area contributed by atoms with E-state index < -0.39 is 5.60 Å². The number of nitrogens with zero attached hydrogens (tertiary/aromatic N) is 3. The molecule has 0 spiro atoms. The Morgan fingerprint density at radius 1 is 1.05 bits per heavy atom. The average Bonchev–Trinajstić information content (AvgIpc) is 2.85. The molecule has 0 bridgehead atoms. The van der Waals surface area contributed by atoms with Crippen LogP contribution >= 0.6 is 0 Å². The zero-order valence-corrected chi connectivity index (χ0v) is 14.1. The molecule has 0 aromatic carbocycles. The predicted molar refractivity (Wildman–Crippen MR) is 84.7 cm³/mol. The Hall–Kier alpha value is -1.30. The molecule has 0 unspecified atom stereocenters. The van der Waals surface area contributed by atoms with Gasteiger partial charge in [-0.15, -0.1) is 0 Å². The number of rotatable bonds is 3. The lowest BCUT2D eigenvalue weighted by Gasteiger charge is -2.27. The van der Waals surface area contributed by atoms with Crippen LogP contribution < -0.4 is 0 Å². The summed E-state index contributed by atoms with van der Waals surface area (Å²) in [6, 6.07) is 0. The van der Waals surface area contributed by atoms with Gasteiger partial charge in [-0.05, 0) is 46.7 Å². The van der Waals surface area contributed by atoms with Crippen LogP contribution in [0.25, 0.3) is 0 Å². The van der Waals surface area contributed by atoms with Gasteiger partial charge < -0.3 is 19.4 Å². The molecule has 0 saturated carbocycles. The Bertz CT molecular complexity index is 400. The Kier molecular flexibility index (Phi) is 5.67.